The first-order chi connectivity index (χ1) is 12.0. The molecule has 1 aromatic carbocycles. The van der Waals surface area contributed by atoms with E-state index in [0.717, 1.165) is 36.9 Å². The maximum Gasteiger partial charge on any atom is 0.356 e. The van der Waals surface area contributed by atoms with Crippen LogP contribution in [0.15, 0.2) is 18.2 Å². The molecule has 0 amide bonds. The van der Waals surface area contributed by atoms with Crippen molar-refractivity contribution in [2.45, 2.75) is 50.9 Å². The molecule has 2 aliphatic rings. The Hall–Kier alpha value is -2.37. The number of rotatable bonds is 5. The first-order valence-electron chi connectivity index (χ1n) is 8.80. The Morgan fingerprint density at radius 1 is 1.48 bits per heavy atom. The highest BCUT2D eigenvalue weighted by molar-refractivity contribution is 5.88. The van der Waals surface area contributed by atoms with Crippen molar-refractivity contribution >= 4 is 5.97 Å². The van der Waals surface area contributed by atoms with Crippen LogP contribution < -0.4 is 4.74 Å². The summed E-state index contributed by atoms with van der Waals surface area (Å²) in [4.78, 5) is 11.8. The number of aromatic nitrogens is 2. The minimum atomic E-state index is -1.01. The number of carboxylic acids is 1. The smallest absolute Gasteiger partial charge is 0.356 e. The number of fused-ring (bicyclic) bond motifs is 5. The van der Waals surface area contributed by atoms with E-state index in [1.165, 1.54) is 12.1 Å². The Balaban J connectivity index is 1.98. The third-order valence-corrected chi connectivity index (χ3v) is 5.77. The van der Waals surface area contributed by atoms with Gasteiger partial charge in [-0.05, 0) is 50.7 Å². The molecule has 1 N–H and O–H groups in total. The fraction of sp³-hybridized carbons (Fsp3) is 0.474. The van der Waals surface area contributed by atoms with Crippen LogP contribution in [0, 0.1) is 5.82 Å². The Morgan fingerprint density at radius 2 is 2.28 bits per heavy atom. The average molecular weight is 344 g/mol. The normalized spacial score (nSPS) is 23.7. The number of nitrogens with zero attached hydrogens (tertiary/aromatic N) is 2. The van der Waals surface area contributed by atoms with Gasteiger partial charge in [0.25, 0.3) is 0 Å². The van der Waals surface area contributed by atoms with Crippen LogP contribution in [0.25, 0.3) is 5.69 Å². The van der Waals surface area contributed by atoms with E-state index in [1.54, 1.807) is 10.7 Å². The zero-order valence-electron chi connectivity index (χ0n) is 14.4. The molecule has 25 heavy (non-hydrogen) atoms. The monoisotopic (exact) mass is 344 g/mol. The van der Waals surface area contributed by atoms with E-state index in [0.29, 0.717) is 18.0 Å². The second-order valence-electron chi connectivity index (χ2n) is 6.95. The molecular weight excluding hydrogens is 323 g/mol. The van der Waals surface area contributed by atoms with Crippen LogP contribution in [0.3, 0.4) is 0 Å². The molecule has 4 rings (SSSR count). The second-order valence-corrected chi connectivity index (χ2v) is 6.95. The predicted octanol–water partition coefficient (Wildman–Crippen LogP) is 4.04. The van der Waals surface area contributed by atoms with Crippen molar-refractivity contribution in [1.29, 1.82) is 0 Å². The van der Waals surface area contributed by atoms with Gasteiger partial charge in [-0.1, -0.05) is 6.92 Å². The first kappa shape index (κ1) is 16.1. The Morgan fingerprint density at radius 3 is 2.96 bits per heavy atom. The number of hydrogen-bond acceptors (Lipinski definition) is 3. The maximum absolute atomic E-state index is 13.7. The quantitative estimate of drug-likeness (QED) is 0.889. The summed E-state index contributed by atoms with van der Waals surface area (Å²) in [6.07, 6.45) is 3.96. The van der Waals surface area contributed by atoms with Crippen molar-refractivity contribution < 1.29 is 19.0 Å². The molecule has 0 spiro atoms. The summed E-state index contributed by atoms with van der Waals surface area (Å²) in [5.74, 6) is -0.750. The van der Waals surface area contributed by atoms with Crippen molar-refractivity contribution in [3.63, 3.8) is 0 Å². The Labute approximate surface area is 145 Å². The number of carbonyl (C=O) groups is 1. The zero-order valence-corrected chi connectivity index (χ0v) is 14.4. The van der Waals surface area contributed by atoms with Crippen molar-refractivity contribution in [2.75, 3.05) is 6.61 Å². The van der Waals surface area contributed by atoms with Crippen LogP contribution in [0.4, 0.5) is 4.39 Å². The van der Waals surface area contributed by atoms with Crippen LogP contribution >= 0.6 is 0 Å². The standard InChI is InChI=1S/C19H21FN2O3/c1-3-19-8-7-11(10-19)15-16(18(23)24)21-22(17(15)19)13-6-5-12(20)9-14(13)25-4-2/h5-6,9,11H,3-4,7-8,10H2,1-2H3,(H,23,24). The molecule has 2 aromatic rings. The Bertz CT molecular complexity index is 861. The highest BCUT2D eigenvalue weighted by atomic mass is 19.1. The molecule has 1 saturated carbocycles. The van der Waals surface area contributed by atoms with Gasteiger partial charge in [-0.25, -0.2) is 13.9 Å². The molecule has 132 valence electrons. The third kappa shape index (κ3) is 2.19. The third-order valence-electron chi connectivity index (χ3n) is 5.77. The predicted molar refractivity (Wildman–Crippen MR) is 90.2 cm³/mol. The van der Waals surface area contributed by atoms with E-state index in [1.807, 2.05) is 6.92 Å². The van der Waals surface area contributed by atoms with Gasteiger partial charge in [-0.2, -0.15) is 5.10 Å². The molecule has 1 aromatic heterocycles. The average Bonchev–Trinajstić information content (AvgIpc) is 3.25. The van der Waals surface area contributed by atoms with Crippen LogP contribution in [0.5, 0.6) is 5.75 Å². The highest BCUT2D eigenvalue weighted by Crippen LogP contribution is 2.60. The number of halogens is 1. The SMILES string of the molecule is CCOc1cc(F)ccc1-n1nc(C(=O)O)c2c1C1(CC)CCC2C1. The molecule has 5 nitrogen and oxygen atoms in total. The van der Waals surface area contributed by atoms with Gasteiger partial charge in [-0.3, -0.25) is 0 Å². The minimum absolute atomic E-state index is 0.0431. The largest absolute Gasteiger partial charge is 0.492 e. The van der Waals surface area contributed by atoms with Gasteiger partial charge in [-0.15, -0.1) is 0 Å². The fourth-order valence-electron chi connectivity index (χ4n) is 4.67. The number of aromatic carboxylic acids is 1. The van der Waals surface area contributed by atoms with E-state index in [2.05, 4.69) is 12.0 Å². The zero-order chi connectivity index (χ0) is 17.8. The lowest BCUT2D eigenvalue weighted by atomic mass is 9.80. The molecule has 2 atom stereocenters. The number of benzene rings is 1. The molecule has 0 aliphatic heterocycles. The summed E-state index contributed by atoms with van der Waals surface area (Å²) < 4.78 is 21.0. The molecule has 1 heterocycles. The van der Waals surface area contributed by atoms with Gasteiger partial charge in [0, 0.05) is 17.0 Å². The summed E-state index contributed by atoms with van der Waals surface area (Å²) in [7, 11) is 0. The van der Waals surface area contributed by atoms with Gasteiger partial charge >= 0.3 is 5.97 Å². The maximum atomic E-state index is 13.7. The van der Waals surface area contributed by atoms with Crippen molar-refractivity contribution in [1.82, 2.24) is 9.78 Å². The minimum Gasteiger partial charge on any atom is -0.492 e. The second kappa shape index (κ2) is 5.58. The van der Waals surface area contributed by atoms with Crippen molar-refractivity contribution in [3.8, 4) is 11.4 Å². The molecule has 2 unspecified atom stereocenters. The molecule has 0 saturated heterocycles. The molecule has 0 radical (unpaired) electrons. The van der Waals surface area contributed by atoms with Crippen LogP contribution in [0.1, 0.15) is 67.2 Å². The van der Waals surface area contributed by atoms with E-state index in [-0.39, 0.29) is 22.8 Å². The summed E-state index contributed by atoms with van der Waals surface area (Å²) in [5, 5.41) is 14.1. The van der Waals surface area contributed by atoms with Crippen LogP contribution in [0.2, 0.25) is 0 Å². The summed E-state index contributed by atoms with van der Waals surface area (Å²) in [6, 6.07) is 4.31. The van der Waals surface area contributed by atoms with Crippen molar-refractivity contribution in [2.24, 2.45) is 0 Å². The van der Waals surface area contributed by atoms with Crippen molar-refractivity contribution in [3.05, 3.63) is 41.0 Å². The summed E-state index contributed by atoms with van der Waals surface area (Å²) in [5.41, 5.74) is 2.54. The van der Waals surface area contributed by atoms with Gasteiger partial charge in [0.1, 0.15) is 17.3 Å². The van der Waals surface area contributed by atoms with E-state index >= 15 is 0 Å². The number of carboxylic acid groups (broad SMARTS) is 1. The van der Waals surface area contributed by atoms with Crippen LogP contribution in [-0.4, -0.2) is 27.5 Å². The van der Waals surface area contributed by atoms with Gasteiger partial charge in [0.2, 0.25) is 0 Å². The lowest BCUT2D eigenvalue weighted by Gasteiger charge is -2.27. The number of ether oxygens (including phenoxy) is 1. The highest BCUT2D eigenvalue weighted by Gasteiger charge is 2.53. The molecular formula is C19H21FN2O3. The van der Waals surface area contributed by atoms with Gasteiger partial charge < -0.3 is 9.84 Å². The van der Waals surface area contributed by atoms with E-state index < -0.39 is 5.97 Å². The first-order valence-corrected chi connectivity index (χ1v) is 8.80. The number of hydrogen-bond donors (Lipinski definition) is 1. The van der Waals surface area contributed by atoms with E-state index in [4.69, 9.17) is 4.74 Å². The summed E-state index contributed by atoms with van der Waals surface area (Å²) >= 11 is 0. The topological polar surface area (TPSA) is 64.4 Å². The summed E-state index contributed by atoms with van der Waals surface area (Å²) in [6.45, 7) is 4.37. The van der Waals surface area contributed by atoms with Gasteiger partial charge in [0.15, 0.2) is 5.69 Å². The lowest BCUT2D eigenvalue weighted by molar-refractivity contribution is 0.0688. The van der Waals surface area contributed by atoms with Gasteiger partial charge in [0.05, 0.1) is 12.3 Å². The fourth-order valence-corrected chi connectivity index (χ4v) is 4.67. The molecule has 1 fully saturated rings. The molecule has 2 aliphatic carbocycles. The van der Waals surface area contributed by atoms with E-state index in [9.17, 15) is 14.3 Å². The molecule has 2 bridgehead atoms. The van der Waals surface area contributed by atoms with Crippen LogP contribution in [-0.2, 0) is 5.41 Å². The Kier molecular flexibility index (Phi) is 3.60. The molecule has 6 heteroatoms. The lowest BCUT2D eigenvalue weighted by Crippen LogP contribution is -2.24.